The Bertz CT molecular complexity index is 489. The average Bonchev–Trinajstić information content (AvgIpc) is 2.99. The fraction of sp³-hybridized carbons (Fsp3) is 0.529. The number of carboxylic acid groups (broad SMARTS) is 1. The lowest BCUT2D eigenvalue weighted by molar-refractivity contribution is -0.137. The number of rotatable bonds is 8. The van der Waals surface area contributed by atoms with E-state index in [0.717, 1.165) is 18.6 Å². The molecule has 5 heteroatoms. The van der Waals surface area contributed by atoms with Gasteiger partial charge in [0.25, 0.3) is 0 Å². The second kappa shape index (κ2) is 8.54. The molecule has 1 fully saturated rings. The molecule has 1 amide bonds. The Labute approximate surface area is 130 Å². The highest BCUT2D eigenvalue weighted by Crippen LogP contribution is 2.33. The van der Waals surface area contributed by atoms with Gasteiger partial charge in [0, 0.05) is 31.9 Å². The van der Waals surface area contributed by atoms with E-state index in [1.807, 2.05) is 18.2 Å². The number of aliphatic carboxylic acids is 1. The number of carbonyl (C=O) groups excluding carboxylic acids is 1. The molecule has 1 heterocycles. The number of ether oxygens (including phenoxy) is 1. The second-order valence-electron chi connectivity index (χ2n) is 5.66. The van der Waals surface area contributed by atoms with Gasteiger partial charge >= 0.3 is 5.97 Å². The fourth-order valence-corrected chi connectivity index (χ4v) is 2.75. The molecular formula is C17H23NO4. The van der Waals surface area contributed by atoms with E-state index in [4.69, 9.17) is 9.84 Å². The van der Waals surface area contributed by atoms with Gasteiger partial charge in [0.15, 0.2) is 0 Å². The summed E-state index contributed by atoms with van der Waals surface area (Å²) in [6.45, 7) is 1.33. The maximum atomic E-state index is 11.8. The first-order chi connectivity index (χ1) is 10.7. The molecule has 120 valence electrons. The first kappa shape index (κ1) is 16.5. The van der Waals surface area contributed by atoms with Crippen LogP contribution in [-0.2, 0) is 14.3 Å². The SMILES string of the molecule is O=C(O)CCCCC(=O)NC[C@H]1CCO[C@@H]1c1ccccc1. The van der Waals surface area contributed by atoms with E-state index in [1.54, 1.807) is 0 Å². The van der Waals surface area contributed by atoms with Crippen LogP contribution in [0.4, 0.5) is 0 Å². The molecule has 1 aliphatic heterocycles. The van der Waals surface area contributed by atoms with Gasteiger partial charge in [-0.3, -0.25) is 9.59 Å². The van der Waals surface area contributed by atoms with E-state index in [0.29, 0.717) is 31.7 Å². The lowest BCUT2D eigenvalue weighted by atomic mass is 9.95. The molecule has 1 aliphatic rings. The molecule has 2 rings (SSSR count). The van der Waals surface area contributed by atoms with Gasteiger partial charge in [-0.25, -0.2) is 0 Å². The Morgan fingerprint density at radius 3 is 2.64 bits per heavy atom. The molecule has 22 heavy (non-hydrogen) atoms. The highest BCUT2D eigenvalue weighted by Gasteiger charge is 2.29. The number of nitrogens with one attached hydrogen (secondary N) is 1. The van der Waals surface area contributed by atoms with Crippen molar-refractivity contribution in [2.45, 2.75) is 38.2 Å². The van der Waals surface area contributed by atoms with Crippen LogP contribution in [0.15, 0.2) is 30.3 Å². The van der Waals surface area contributed by atoms with Gasteiger partial charge in [0.1, 0.15) is 0 Å². The minimum absolute atomic E-state index is 0.0101. The van der Waals surface area contributed by atoms with Crippen molar-refractivity contribution in [3.05, 3.63) is 35.9 Å². The summed E-state index contributed by atoms with van der Waals surface area (Å²) in [6, 6.07) is 10.1. The van der Waals surface area contributed by atoms with E-state index < -0.39 is 5.97 Å². The fourth-order valence-electron chi connectivity index (χ4n) is 2.75. The quantitative estimate of drug-likeness (QED) is 0.724. The molecule has 0 spiro atoms. The second-order valence-corrected chi connectivity index (χ2v) is 5.66. The maximum absolute atomic E-state index is 11.8. The molecule has 0 bridgehead atoms. The van der Waals surface area contributed by atoms with Crippen LogP contribution in [0.25, 0.3) is 0 Å². The number of hydrogen-bond donors (Lipinski definition) is 2. The topological polar surface area (TPSA) is 75.6 Å². The van der Waals surface area contributed by atoms with Crippen LogP contribution in [0.5, 0.6) is 0 Å². The van der Waals surface area contributed by atoms with Crippen molar-refractivity contribution in [2.24, 2.45) is 5.92 Å². The standard InChI is InChI=1S/C17H23NO4/c19-15(8-4-5-9-16(20)21)18-12-14-10-11-22-17(14)13-6-2-1-3-7-13/h1-3,6-7,14,17H,4-5,8-12H2,(H,18,19)(H,20,21)/t14-,17-/m1/s1. The van der Waals surface area contributed by atoms with Crippen LogP contribution in [0.1, 0.15) is 43.8 Å². The average molecular weight is 305 g/mol. The van der Waals surface area contributed by atoms with Crippen molar-refractivity contribution in [1.82, 2.24) is 5.32 Å². The van der Waals surface area contributed by atoms with Gasteiger partial charge in [-0.15, -0.1) is 0 Å². The number of hydrogen-bond acceptors (Lipinski definition) is 3. The Hall–Kier alpha value is -1.88. The summed E-state index contributed by atoms with van der Waals surface area (Å²) in [7, 11) is 0. The van der Waals surface area contributed by atoms with E-state index in [2.05, 4.69) is 17.4 Å². The van der Waals surface area contributed by atoms with Crippen molar-refractivity contribution in [1.29, 1.82) is 0 Å². The van der Waals surface area contributed by atoms with Crippen molar-refractivity contribution in [2.75, 3.05) is 13.2 Å². The molecule has 2 atom stereocenters. The van der Waals surface area contributed by atoms with E-state index >= 15 is 0 Å². The number of unbranched alkanes of at least 4 members (excludes halogenated alkanes) is 1. The third-order valence-electron chi connectivity index (χ3n) is 3.95. The first-order valence-corrected chi connectivity index (χ1v) is 7.82. The molecule has 0 radical (unpaired) electrons. The minimum atomic E-state index is -0.811. The lowest BCUT2D eigenvalue weighted by Gasteiger charge is -2.19. The molecule has 1 aromatic carbocycles. The van der Waals surface area contributed by atoms with Gasteiger partial charge in [-0.05, 0) is 24.8 Å². The molecule has 2 N–H and O–H groups in total. The summed E-state index contributed by atoms with van der Waals surface area (Å²) in [4.78, 5) is 22.2. The Kier molecular flexibility index (Phi) is 6.40. The molecule has 1 aromatic rings. The van der Waals surface area contributed by atoms with Crippen LogP contribution in [0.3, 0.4) is 0 Å². The first-order valence-electron chi connectivity index (χ1n) is 7.82. The number of benzene rings is 1. The van der Waals surface area contributed by atoms with Crippen molar-refractivity contribution < 1.29 is 19.4 Å². The Balaban J connectivity index is 1.71. The molecule has 0 aliphatic carbocycles. The van der Waals surface area contributed by atoms with Gasteiger partial charge in [-0.1, -0.05) is 30.3 Å². The molecule has 0 saturated carbocycles. The summed E-state index contributed by atoms with van der Waals surface area (Å²) < 4.78 is 5.79. The zero-order valence-corrected chi connectivity index (χ0v) is 12.7. The molecule has 1 saturated heterocycles. The van der Waals surface area contributed by atoms with E-state index in [-0.39, 0.29) is 18.4 Å². The summed E-state index contributed by atoms with van der Waals surface area (Å²) in [5.41, 5.74) is 1.15. The third-order valence-corrected chi connectivity index (χ3v) is 3.95. The van der Waals surface area contributed by atoms with Crippen LogP contribution in [0, 0.1) is 5.92 Å². The highest BCUT2D eigenvalue weighted by molar-refractivity contribution is 5.75. The van der Waals surface area contributed by atoms with E-state index in [1.165, 1.54) is 0 Å². The smallest absolute Gasteiger partial charge is 0.303 e. The van der Waals surface area contributed by atoms with Crippen molar-refractivity contribution in [3.63, 3.8) is 0 Å². The monoisotopic (exact) mass is 305 g/mol. The van der Waals surface area contributed by atoms with Gasteiger partial charge in [0.05, 0.1) is 6.10 Å². The number of carboxylic acids is 1. The number of carbonyl (C=O) groups is 2. The Morgan fingerprint density at radius 2 is 1.91 bits per heavy atom. The minimum Gasteiger partial charge on any atom is -0.481 e. The summed E-state index contributed by atoms with van der Waals surface area (Å²) in [5, 5.41) is 11.5. The van der Waals surface area contributed by atoms with Crippen LogP contribution < -0.4 is 5.32 Å². The van der Waals surface area contributed by atoms with E-state index in [9.17, 15) is 9.59 Å². The predicted molar refractivity (Wildman–Crippen MR) is 82.4 cm³/mol. The maximum Gasteiger partial charge on any atom is 0.303 e. The van der Waals surface area contributed by atoms with Gasteiger partial charge < -0.3 is 15.2 Å². The molecule has 0 aromatic heterocycles. The summed E-state index contributed by atoms with van der Waals surface area (Å²) in [6.07, 6.45) is 2.66. The zero-order chi connectivity index (χ0) is 15.8. The molecule has 5 nitrogen and oxygen atoms in total. The number of amides is 1. The van der Waals surface area contributed by atoms with Crippen molar-refractivity contribution in [3.8, 4) is 0 Å². The van der Waals surface area contributed by atoms with Gasteiger partial charge in [-0.2, -0.15) is 0 Å². The Morgan fingerprint density at radius 1 is 1.18 bits per heavy atom. The predicted octanol–water partition coefficient (Wildman–Crippen LogP) is 2.53. The van der Waals surface area contributed by atoms with Crippen LogP contribution in [-0.4, -0.2) is 30.1 Å². The normalized spacial score (nSPS) is 20.7. The highest BCUT2D eigenvalue weighted by atomic mass is 16.5. The zero-order valence-electron chi connectivity index (χ0n) is 12.7. The summed E-state index contributed by atoms with van der Waals surface area (Å²) in [5.74, 6) is -0.524. The molecule has 0 unspecified atom stereocenters. The lowest BCUT2D eigenvalue weighted by Crippen LogP contribution is -2.30. The van der Waals surface area contributed by atoms with Crippen molar-refractivity contribution >= 4 is 11.9 Å². The molecular weight excluding hydrogens is 282 g/mol. The summed E-state index contributed by atoms with van der Waals surface area (Å²) >= 11 is 0. The third kappa shape index (κ3) is 5.15. The largest absolute Gasteiger partial charge is 0.481 e. The van der Waals surface area contributed by atoms with Crippen LogP contribution in [0.2, 0.25) is 0 Å². The van der Waals surface area contributed by atoms with Gasteiger partial charge in [0.2, 0.25) is 5.91 Å². The van der Waals surface area contributed by atoms with Crippen LogP contribution >= 0.6 is 0 Å².